The largest absolute Gasteiger partial charge is 0.354 e. The molecule has 2 aliphatic heterocycles. The minimum atomic E-state index is 0.0916. The van der Waals surface area contributed by atoms with E-state index in [1.807, 2.05) is 11.1 Å². The van der Waals surface area contributed by atoms with Gasteiger partial charge < -0.3 is 9.80 Å². The first-order valence-electron chi connectivity index (χ1n) is 9.00. The van der Waals surface area contributed by atoms with Gasteiger partial charge in [-0.2, -0.15) is 0 Å². The molecule has 2 fully saturated rings. The van der Waals surface area contributed by atoms with E-state index in [0.717, 1.165) is 51.5 Å². The Morgan fingerprint density at radius 1 is 1.04 bits per heavy atom. The van der Waals surface area contributed by atoms with Crippen molar-refractivity contribution in [1.82, 2.24) is 19.8 Å². The van der Waals surface area contributed by atoms with Gasteiger partial charge in [0.1, 0.15) is 5.82 Å². The van der Waals surface area contributed by atoms with Gasteiger partial charge in [-0.3, -0.25) is 14.7 Å². The van der Waals surface area contributed by atoms with Gasteiger partial charge in [0.2, 0.25) is 0 Å². The van der Waals surface area contributed by atoms with Crippen molar-refractivity contribution in [3.63, 3.8) is 0 Å². The van der Waals surface area contributed by atoms with Gasteiger partial charge in [-0.05, 0) is 30.7 Å². The van der Waals surface area contributed by atoms with E-state index >= 15 is 0 Å². The molecule has 1 unspecified atom stereocenters. The van der Waals surface area contributed by atoms with Crippen LogP contribution in [0.2, 0.25) is 5.02 Å². The molecule has 1 atom stereocenters. The van der Waals surface area contributed by atoms with Crippen LogP contribution in [0, 0.1) is 0 Å². The lowest BCUT2D eigenvalue weighted by Gasteiger charge is -2.38. The molecule has 6 nitrogen and oxygen atoms in total. The number of benzene rings is 1. The second kappa shape index (κ2) is 7.60. The molecule has 1 aromatic heterocycles. The fourth-order valence-electron chi connectivity index (χ4n) is 3.77. The van der Waals surface area contributed by atoms with Crippen LogP contribution in [-0.2, 0) is 0 Å². The molecule has 2 aliphatic rings. The number of hydrogen-bond acceptors (Lipinski definition) is 5. The van der Waals surface area contributed by atoms with Gasteiger partial charge in [0.25, 0.3) is 5.91 Å². The van der Waals surface area contributed by atoms with Crippen molar-refractivity contribution in [3.05, 3.63) is 53.4 Å². The number of aromatic nitrogens is 2. The standard InChI is InChI=1S/C19H22ClN5O/c20-16-3-1-15(2-4-16)19(26)24-11-9-23(10-12-24)17-5-8-25(14-17)18-13-21-6-7-22-18/h1-4,6-7,13,17H,5,8-12,14H2. The van der Waals surface area contributed by atoms with E-state index in [2.05, 4.69) is 19.8 Å². The quantitative estimate of drug-likeness (QED) is 0.827. The molecule has 0 N–H and O–H groups in total. The fraction of sp³-hybridized carbons (Fsp3) is 0.421. The molecule has 1 amide bonds. The van der Waals surface area contributed by atoms with E-state index in [0.29, 0.717) is 16.6 Å². The lowest BCUT2D eigenvalue weighted by Crippen LogP contribution is -2.52. The Kier molecular flexibility index (Phi) is 5.04. The Bertz CT molecular complexity index is 746. The molecule has 3 heterocycles. The summed E-state index contributed by atoms with van der Waals surface area (Å²) in [7, 11) is 0. The van der Waals surface area contributed by atoms with E-state index < -0.39 is 0 Å². The van der Waals surface area contributed by atoms with Crippen molar-refractivity contribution < 1.29 is 4.79 Å². The Hall–Kier alpha value is -2.18. The average Bonchev–Trinajstić information content (AvgIpc) is 3.19. The summed E-state index contributed by atoms with van der Waals surface area (Å²) in [6, 6.07) is 7.65. The first kappa shape index (κ1) is 17.2. The van der Waals surface area contributed by atoms with Crippen LogP contribution in [0.4, 0.5) is 5.82 Å². The zero-order valence-corrected chi connectivity index (χ0v) is 15.3. The fourth-order valence-corrected chi connectivity index (χ4v) is 3.89. The Balaban J connectivity index is 1.31. The van der Waals surface area contributed by atoms with Gasteiger partial charge in [-0.25, -0.2) is 4.98 Å². The maximum absolute atomic E-state index is 12.6. The predicted octanol–water partition coefficient (Wildman–Crippen LogP) is 2.17. The highest BCUT2D eigenvalue weighted by Gasteiger charge is 2.31. The van der Waals surface area contributed by atoms with Crippen molar-refractivity contribution in [2.75, 3.05) is 44.2 Å². The summed E-state index contributed by atoms with van der Waals surface area (Å²) < 4.78 is 0. The van der Waals surface area contributed by atoms with Crippen LogP contribution >= 0.6 is 11.6 Å². The SMILES string of the molecule is O=C(c1ccc(Cl)cc1)N1CCN(C2CCN(c3cnccn3)C2)CC1. The summed E-state index contributed by atoms with van der Waals surface area (Å²) in [6.07, 6.45) is 6.39. The summed E-state index contributed by atoms with van der Waals surface area (Å²) in [6.45, 7) is 5.35. The Morgan fingerprint density at radius 3 is 2.50 bits per heavy atom. The number of hydrogen-bond donors (Lipinski definition) is 0. The summed E-state index contributed by atoms with van der Waals surface area (Å²) in [5.74, 6) is 1.04. The van der Waals surface area contributed by atoms with E-state index in [1.54, 1.807) is 36.7 Å². The molecule has 0 radical (unpaired) electrons. The smallest absolute Gasteiger partial charge is 0.253 e. The van der Waals surface area contributed by atoms with Crippen LogP contribution < -0.4 is 4.90 Å². The average molecular weight is 372 g/mol. The van der Waals surface area contributed by atoms with Crippen molar-refractivity contribution >= 4 is 23.3 Å². The van der Waals surface area contributed by atoms with Gasteiger partial charge in [0, 0.05) is 68.3 Å². The number of amides is 1. The van der Waals surface area contributed by atoms with E-state index in [9.17, 15) is 4.79 Å². The topological polar surface area (TPSA) is 52.6 Å². The van der Waals surface area contributed by atoms with Crippen molar-refractivity contribution in [1.29, 1.82) is 0 Å². The van der Waals surface area contributed by atoms with E-state index in [4.69, 9.17) is 11.6 Å². The lowest BCUT2D eigenvalue weighted by atomic mass is 10.1. The number of halogens is 1. The highest BCUT2D eigenvalue weighted by Crippen LogP contribution is 2.22. The normalized spacial score (nSPS) is 21.2. The third-order valence-electron chi connectivity index (χ3n) is 5.25. The van der Waals surface area contributed by atoms with Crippen LogP contribution in [0.5, 0.6) is 0 Å². The molecular weight excluding hydrogens is 350 g/mol. The molecule has 0 spiro atoms. The number of rotatable bonds is 3. The third kappa shape index (κ3) is 3.66. The molecule has 0 saturated carbocycles. The maximum Gasteiger partial charge on any atom is 0.253 e. The number of carbonyl (C=O) groups is 1. The maximum atomic E-state index is 12.6. The van der Waals surface area contributed by atoms with Gasteiger partial charge >= 0.3 is 0 Å². The second-order valence-corrected chi connectivity index (χ2v) is 7.22. The Morgan fingerprint density at radius 2 is 1.81 bits per heavy atom. The zero-order valence-electron chi connectivity index (χ0n) is 14.6. The highest BCUT2D eigenvalue weighted by atomic mass is 35.5. The van der Waals surface area contributed by atoms with Crippen molar-refractivity contribution in [2.24, 2.45) is 0 Å². The summed E-state index contributed by atoms with van der Waals surface area (Å²) in [5.41, 5.74) is 0.706. The van der Waals surface area contributed by atoms with Crippen molar-refractivity contribution in [2.45, 2.75) is 12.5 Å². The molecule has 1 aromatic carbocycles. The van der Waals surface area contributed by atoms with Crippen LogP contribution in [0.15, 0.2) is 42.9 Å². The minimum absolute atomic E-state index is 0.0916. The summed E-state index contributed by atoms with van der Waals surface area (Å²) >= 11 is 5.91. The van der Waals surface area contributed by atoms with Gasteiger partial charge in [-0.1, -0.05) is 11.6 Å². The lowest BCUT2D eigenvalue weighted by molar-refractivity contribution is 0.0585. The molecule has 0 bridgehead atoms. The zero-order chi connectivity index (χ0) is 17.9. The van der Waals surface area contributed by atoms with Crippen LogP contribution in [0.25, 0.3) is 0 Å². The molecule has 136 valence electrons. The van der Waals surface area contributed by atoms with Crippen molar-refractivity contribution in [3.8, 4) is 0 Å². The minimum Gasteiger partial charge on any atom is -0.354 e. The molecular formula is C19H22ClN5O. The Labute approximate surface area is 158 Å². The molecule has 26 heavy (non-hydrogen) atoms. The number of piperazine rings is 1. The van der Waals surface area contributed by atoms with Gasteiger partial charge in [0.15, 0.2) is 0 Å². The third-order valence-corrected chi connectivity index (χ3v) is 5.50. The van der Waals surface area contributed by atoms with Crippen LogP contribution in [0.1, 0.15) is 16.8 Å². The second-order valence-electron chi connectivity index (χ2n) is 6.79. The first-order chi connectivity index (χ1) is 12.7. The van der Waals surface area contributed by atoms with Crippen LogP contribution in [-0.4, -0.2) is 71.0 Å². The monoisotopic (exact) mass is 371 g/mol. The molecule has 7 heteroatoms. The summed E-state index contributed by atoms with van der Waals surface area (Å²) in [5, 5.41) is 0.653. The number of nitrogens with zero attached hydrogens (tertiary/aromatic N) is 5. The van der Waals surface area contributed by atoms with E-state index in [-0.39, 0.29) is 5.91 Å². The van der Waals surface area contributed by atoms with Crippen LogP contribution in [0.3, 0.4) is 0 Å². The number of anilines is 1. The molecule has 4 rings (SSSR count). The molecule has 0 aliphatic carbocycles. The van der Waals surface area contributed by atoms with Gasteiger partial charge in [0.05, 0.1) is 6.20 Å². The van der Waals surface area contributed by atoms with E-state index in [1.165, 1.54) is 0 Å². The first-order valence-corrected chi connectivity index (χ1v) is 9.38. The number of carbonyl (C=O) groups excluding carboxylic acids is 1. The van der Waals surface area contributed by atoms with Gasteiger partial charge in [-0.15, -0.1) is 0 Å². The predicted molar refractivity (Wildman–Crippen MR) is 102 cm³/mol. The highest BCUT2D eigenvalue weighted by molar-refractivity contribution is 6.30. The molecule has 2 saturated heterocycles. The summed E-state index contributed by atoms with van der Waals surface area (Å²) in [4.78, 5) is 27.9. The molecule has 2 aromatic rings.